The van der Waals surface area contributed by atoms with Crippen LogP contribution >= 0.6 is 23.1 Å². The first-order valence-electron chi connectivity index (χ1n) is 8.62. The number of hydrogen-bond donors (Lipinski definition) is 0. The molecule has 0 aliphatic carbocycles. The predicted octanol–water partition coefficient (Wildman–Crippen LogP) is 7.87. The van der Waals surface area contributed by atoms with Gasteiger partial charge in [0.25, 0.3) is 0 Å². The molecule has 0 saturated heterocycles. The Hall–Kier alpha value is -2.55. The lowest BCUT2D eigenvalue weighted by atomic mass is 9.96. The fourth-order valence-corrected chi connectivity index (χ4v) is 5.48. The topological polar surface area (TPSA) is 0 Å². The monoisotopic (exact) mass is 368 g/mol. The highest BCUT2D eigenvalue weighted by Gasteiger charge is 2.17. The van der Waals surface area contributed by atoms with Gasteiger partial charge in [-0.3, -0.25) is 0 Å². The van der Waals surface area contributed by atoms with Gasteiger partial charge in [-0.15, -0.1) is 11.3 Å². The van der Waals surface area contributed by atoms with Crippen molar-refractivity contribution < 1.29 is 0 Å². The van der Waals surface area contributed by atoms with Crippen molar-refractivity contribution >= 4 is 44.6 Å². The van der Waals surface area contributed by atoms with Crippen LogP contribution in [0.15, 0.2) is 106 Å². The molecule has 0 aliphatic rings. The first-order chi connectivity index (χ1) is 12.9. The summed E-state index contributed by atoms with van der Waals surface area (Å²) in [5.41, 5.74) is 1.35. The van der Waals surface area contributed by atoms with Crippen LogP contribution in [0.1, 0.15) is 0 Å². The third-order valence-electron chi connectivity index (χ3n) is 4.62. The number of rotatable bonds is 3. The second-order valence-electron chi connectivity index (χ2n) is 6.19. The Labute approximate surface area is 161 Å². The summed E-state index contributed by atoms with van der Waals surface area (Å²) in [5, 5.41) is 7.46. The summed E-state index contributed by atoms with van der Waals surface area (Å²) >= 11 is 3.67. The van der Waals surface area contributed by atoms with Crippen LogP contribution in [0.4, 0.5) is 0 Å². The van der Waals surface area contributed by atoms with E-state index in [9.17, 15) is 0 Å². The predicted molar refractivity (Wildman–Crippen MR) is 115 cm³/mol. The molecule has 0 fully saturated rings. The number of fused-ring (bicyclic) bond motifs is 3. The summed E-state index contributed by atoms with van der Waals surface area (Å²) in [5.74, 6) is 0. The van der Waals surface area contributed by atoms with E-state index in [1.54, 1.807) is 0 Å². The zero-order valence-electron chi connectivity index (χ0n) is 14.1. The van der Waals surface area contributed by atoms with E-state index in [2.05, 4.69) is 96.4 Å². The summed E-state index contributed by atoms with van der Waals surface area (Å²) in [7, 11) is 0. The summed E-state index contributed by atoms with van der Waals surface area (Å²) in [6, 6.07) is 32.6. The van der Waals surface area contributed by atoms with Gasteiger partial charge in [-0.25, -0.2) is 0 Å². The van der Waals surface area contributed by atoms with Gasteiger partial charge >= 0.3 is 0 Å². The van der Waals surface area contributed by atoms with Gasteiger partial charge in [-0.1, -0.05) is 84.6 Å². The van der Waals surface area contributed by atoms with Gasteiger partial charge in [-0.05, 0) is 45.1 Å². The second kappa shape index (κ2) is 6.64. The molecule has 0 nitrogen and oxygen atoms in total. The third-order valence-corrected chi connectivity index (χ3v) is 6.64. The molecule has 1 heterocycles. The molecular formula is C24H16S2. The molecule has 5 rings (SSSR count). The molecule has 26 heavy (non-hydrogen) atoms. The van der Waals surface area contributed by atoms with Crippen LogP contribution in [0.3, 0.4) is 0 Å². The van der Waals surface area contributed by atoms with Crippen molar-refractivity contribution in [1.29, 1.82) is 0 Å². The van der Waals surface area contributed by atoms with Gasteiger partial charge in [0.15, 0.2) is 0 Å². The zero-order valence-corrected chi connectivity index (χ0v) is 15.7. The number of thiophene rings is 1. The first-order valence-corrected chi connectivity index (χ1v) is 10.3. The molecule has 0 saturated carbocycles. The summed E-state index contributed by atoms with van der Waals surface area (Å²) in [6.45, 7) is 0. The van der Waals surface area contributed by atoms with Crippen LogP contribution in [0, 0.1) is 0 Å². The van der Waals surface area contributed by atoms with Crippen LogP contribution in [-0.4, -0.2) is 0 Å². The van der Waals surface area contributed by atoms with Crippen LogP contribution < -0.4 is 0 Å². The average Bonchev–Trinajstić information content (AvgIpc) is 3.23. The van der Waals surface area contributed by atoms with Gasteiger partial charge in [0.2, 0.25) is 0 Å². The quantitative estimate of drug-likeness (QED) is 0.292. The molecule has 0 atom stereocenters. The van der Waals surface area contributed by atoms with Crippen LogP contribution in [0.2, 0.25) is 0 Å². The maximum Gasteiger partial charge on any atom is 0.0360 e. The van der Waals surface area contributed by atoms with E-state index in [1.807, 2.05) is 23.1 Å². The average molecular weight is 369 g/mol. The minimum absolute atomic E-state index is 1.27. The first kappa shape index (κ1) is 15.7. The number of hydrogen-bond acceptors (Lipinski definition) is 2. The Balaban J connectivity index is 1.92. The highest BCUT2D eigenvalue weighted by Crippen LogP contribution is 2.47. The van der Waals surface area contributed by atoms with E-state index in [-0.39, 0.29) is 0 Å². The second-order valence-corrected chi connectivity index (χ2v) is 8.22. The molecule has 0 radical (unpaired) electrons. The molecule has 1 aromatic heterocycles. The van der Waals surface area contributed by atoms with Crippen molar-refractivity contribution in [3.63, 3.8) is 0 Å². The molecule has 0 unspecified atom stereocenters. The highest BCUT2D eigenvalue weighted by atomic mass is 32.2. The Kier molecular flexibility index (Phi) is 4.00. The summed E-state index contributed by atoms with van der Waals surface area (Å²) in [6.07, 6.45) is 0. The van der Waals surface area contributed by atoms with Crippen molar-refractivity contribution in [2.45, 2.75) is 9.79 Å². The van der Waals surface area contributed by atoms with Crippen LogP contribution in [-0.2, 0) is 0 Å². The third kappa shape index (κ3) is 2.63. The molecule has 2 heteroatoms. The lowest BCUT2D eigenvalue weighted by Crippen LogP contribution is -1.88. The van der Waals surface area contributed by atoms with Crippen LogP contribution in [0.5, 0.6) is 0 Å². The van der Waals surface area contributed by atoms with E-state index in [0.29, 0.717) is 0 Å². The van der Waals surface area contributed by atoms with Crippen LogP contribution in [0.25, 0.3) is 32.0 Å². The van der Waals surface area contributed by atoms with Crippen molar-refractivity contribution in [3.8, 4) is 10.4 Å². The van der Waals surface area contributed by atoms with E-state index >= 15 is 0 Å². The van der Waals surface area contributed by atoms with Gasteiger partial charge < -0.3 is 0 Å². The molecule has 0 bridgehead atoms. The molecule has 0 N–H and O–H groups in total. The summed E-state index contributed by atoms with van der Waals surface area (Å²) < 4.78 is 0. The minimum Gasteiger partial charge on any atom is -0.144 e. The Bertz CT molecular complexity index is 1190. The standard InChI is InChI=1S/C24H16S2/c1-2-9-17(10-3-1)26-24-21-14-7-5-12-19(21)18-11-4-6-13-20(18)23(24)22-15-8-16-25-22/h1-16H. The fraction of sp³-hybridized carbons (Fsp3) is 0. The molecule has 0 aliphatic heterocycles. The van der Waals surface area contributed by atoms with Crippen molar-refractivity contribution in [1.82, 2.24) is 0 Å². The lowest BCUT2D eigenvalue weighted by Gasteiger charge is -2.16. The number of benzene rings is 4. The molecule has 5 aromatic rings. The van der Waals surface area contributed by atoms with Crippen molar-refractivity contribution in [3.05, 3.63) is 96.4 Å². The van der Waals surface area contributed by atoms with Crippen molar-refractivity contribution in [2.75, 3.05) is 0 Å². The molecule has 0 amide bonds. The SMILES string of the molecule is c1ccc(Sc2c(-c3cccs3)c3ccccc3c3ccccc23)cc1. The fourth-order valence-electron chi connectivity index (χ4n) is 3.49. The largest absolute Gasteiger partial charge is 0.144 e. The zero-order chi connectivity index (χ0) is 17.3. The lowest BCUT2D eigenvalue weighted by molar-refractivity contribution is 1.44. The Morgan fingerprint density at radius 2 is 1.15 bits per heavy atom. The Morgan fingerprint density at radius 3 is 1.85 bits per heavy atom. The maximum atomic E-state index is 2.26. The maximum absolute atomic E-state index is 2.26. The van der Waals surface area contributed by atoms with E-state index in [1.165, 1.54) is 41.8 Å². The summed E-state index contributed by atoms with van der Waals surface area (Å²) in [4.78, 5) is 3.93. The molecule has 0 spiro atoms. The Morgan fingerprint density at radius 1 is 0.538 bits per heavy atom. The van der Waals surface area contributed by atoms with Gasteiger partial charge in [0.05, 0.1) is 0 Å². The van der Waals surface area contributed by atoms with Gasteiger partial charge in [0, 0.05) is 20.2 Å². The van der Waals surface area contributed by atoms with Gasteiger partial charge in [0.1, 0.15) is 0 Å². The molecule has 4 aromatic carbocycles. The normalized spacial score (nSPS) is 11.2. The molecular weight excluding hydrogens is 352 g/mol. The highest BCUT2D eigenvalue weighted by molar-refractivity contribution is 7.99. The van der Waals surface area contributed by atoms with Crippen molar-refractivity contribution in [2.24, 2.45) is 0 Å². The van der Waals surface area contributed by atoms with Gasteiger partial charge in [-0.2, -0.15) is 0 Å². The van der Waals surface area contributed by atoms with E-state index in [0.717, 1.165) is 0 Å². The van der Waals surface area contributed by atoms with E-state index in [4.69, 9.17) is 0 Å². The van der Waals surface area contributed by atoms with E-state index < -0.39 is 0 Å². The molecule has 124 valence electrons. The smallest absolute Gasteiger partial charge is 0.0360 e. The minimum atomic E-state index is 1.27.